The summed E-state index contributed by atoms with van der Waals surface area (Å²) < 4.78 is 13.9. The van der Waals surface area contributed by atoms with Crippen LogP contribution in [0.5, 0.6) is 0 Å². The van der Waals surface area contributed by atoms with E-state index in [1.807, 2.05) is 0 Å². The molecule has 0 aliphatic heterocycles. The van der Waals surface area contributed by atoms with Gasteiger partial charge in [-0.1, -0.05) is 36.4 Å². The Morgan fingerprint density at radius 2 is 1.79 bits per heavy atom. The molecule has 2 aromatic rings. The predicted molar refractivity (Wildman–Crippen MR) is 71.6 cm³/mol. The zero-order valence-electron chi connectivity index (χ0n) is 10.9. The van der Waals surface area contributed by atoms with Gasteiger partial charge in [-0.05, 0) is 36.6 Å². The van der Waals surface area contributed by atoms with Crippen molar-refractivity contribution in [2.75, 3.05) is 0 Å². The minimum absolute atomic E-state index is 0.0399. The number of hydrogen-bond acceptors (Lipinski definition) is 2. The highest BCUT2D eigenvalue weighted by atomic mass is 19.1. The van der Waals surface area contributed by atoms with Crippen LogP contribution in [0.4, 0.5) is 4.39 Å². The van der Waals surface area contributed by atoms with Crippen molar-refractivity contribution in [2.24, 2.45) is 0 Å². The number of rotatable bonds is 3. The van der Waals surface area contributed by atoms with Crippen molar-refractivity contribution in [3.63, 3.8) is 0 Å². The third-order valence-electron chi connectivity index (χ3n) is 3.04. The number of carbonyl (C=O) groups is 1. The second-order valence-corrected chi connectivity index (χ2v) is 4.62. The van der Waals surface area contributed by atoms with Crippen molar-refractivity contribution in [1.82, 2.24) is 0 Å². The molecule has 0 spiro atoms. The molecule has 0 aliphatic rings. The Balaban J connectivity index is 2.40. The highest BCUT2D eigenvalue weighted by molar-refractivity contribution is 6.01. The normalized spacial score (nSPS) is 12.2. The molecule has 19 heavy (non-hydrogen) atoms. The molecule has 2 aromatic carbocycles. The molecule has 0 amide bonds. The van der Waals surface area contributed by atoms with E-state index in [2.05, 4.69) is 0 Å². The Morgan fingerprint density at radius 1 is 1.16 bits per heavy atom. The van der Waals surface area contributed by atoms with Crippen LogP contribution in [0.15, 0.2) is 42.5 Å². The number of Topliss-reactive ketones (excluding diaryl/α,β-unsaturated/α-hetero) is 1. The number of hydrogen-bond donors (Lipinski definition) is 1. The maximum absolute atomic E-state index is 13.9. The Hall–Kier alpha value is -2.00. The molecular weight excluding hydrogens is 243 g/mol. The molecule has 1 N–H and O–H groups in total. The van der Waals surface area contributed by atoms with Crippen LogP contribution in [-0.2, 0) is 0 Å². The molecule has 0 radical (unpaired) electrons. The van der Waals surface area contributed by atoms with Gasteiger partial charge in [-0.25, -0.2) is 4.39 Å². The van der Waals surface area contributed by atoms with E-state index in [0.29, 0.717) is 11.1 Å². The fourth-order valence-electron chi connectivity index (χ4n) is 2.15. The van der Waals surface area contributed by atoms with E-state index < -0.39 is 17.7 Å². The van der Waals surface area contributed by atoms with E-state index >= 15 is 0 Å². The van der Waals surface area contributed by atoms with Gasteiger partial charge in [-0.2, -0.15) is 0 Å². The molecule has 0 saturated carbocycles. The van der Waals surface area contributed by atoms with Crippen molar-refractivity contribution in [3.05, 3.63) is 70.5 Å². The predicted octanol–water partition coefficient (Wildman–Crippen LogP) is 3.36. The van der Waals surface area contributed by atoms with Crippen LogP contribution in [0.2, 0.25) is 0 Å². The van der Waals surface area contributed by atoms with Crippen LogP contribution < -0.4 is 0 Å². The molecule has 0 bridgehead atoms. The topological polar surface area (TPSA) is 37.3 Å². The number of aryl methyl sites for hydroxylation is 2. The van der Waals surface area contributed by atoms with Crippen molar-refractivity contribution in [3.8, 4) is 0 Å². The lowest BCUT2D eigenvalue weighted by Crippen LogP contribution is -2.15. The van der Waals surface area contributed by atoms with Gasteiger partial charge in [0.1, 0.15) is 11.9 Å². The van der Waals surface area contributed by atoms with E-state index in [4.69, 9.17) is 0 Å². The monoisotopic (exact) mass is 258 g/mol. The fourth-order valence-corrected chi connectivity index (χ4v) is 2.15. The Kier molecular flexibility index (Phi) is 3.76. The van der Waals surface area contributed by atoms with E-state index in [1.165, 1.54) is 6.07 Å². The van der Waals surface area contributed by atoms with E-state index in [0.717, 1.165) is 5.56 Å². The van der Waals surface area contributed by atoms with Gasteiger partial charge in [-0.15, -0.1) is 0 Å². The molecule has 0 heterocycles. The van der Waals surface area contributed by atoms with Gasteiger partial charge in [0.05, 0.1) is 5.56 Å². The second kappa shape index (κ2) is 5.33. The molecule has 0 aromatic heterocycles. The number of halogens is 1. The number of benzene rings is 2. The number of carbonyl (C=O) groups excluding carboxylic acids is 1. The SMILES string of the molecule is Cc1cc(C)c(C(=O)C(O)c2ccccc2)c(F)c1. The maximum atomic E-state index is 13.9. The van der Waals surface area contributed by atoms with Crippen LogP contribution >= 0.6 is 0 Å². The first-order valence-electron chi connectivity index (χ1n) is 6.04. The standard InChI is InChI=1S/C16H15FO2/c1-10-8-11(2)14(13(17)9-10)16(19)15(18)12-6-4-3-5-7-12/h3-9,15,18H,1-2H3. The average molecular weight is 258 g/mol. The lowest BCUT2D eigenvalue weighted by Gasteiger charge is -2.13. The van der Waals surface area contributed by atoms with Gasteiger partial charge in [0.15, 0.2) is 5.78 Å². The van der Waals surface area contributed by atoms with E-state index in [-0.39, 0.29) is 5.56 Å². The molecule has 3 heteroatoms. The van der Waals surface area contributed by atoms with Crippen molar-refractivity contribution >= 4 is 5.78 Å². The zero-order valence-corrected chi connectivity index (χ0v) is 10.9. The summed E-state index contributed by atoms with van der Waals surface area (Å²) in [6, 6.07) is 11.6. The minimum atomic E-state index is -1.34. The summed E-state index contributed by atoms with van der Waals surface area (Å²) in [4.78, 5) is 12.2. The lowest BCUT2D eigenvalue weighted by atomic mass is 9.95. The van der Waals surface area contributed by atoms with Crippen LogP contribution in [0.3, 0.4) is 0 Å². The Bertz CT molecular complexity index is 582. The largest absolute Gasteiger partial charge is 0.380 e. The molecular formula is C16H15FO2. The van der Waals surface area contributed by atoms with Crippen LogP contribution in [-0.4, -0.2) is 10.9 Å². The molecule has 0 fully saturated rings. The first kappa shape index (κ1) is 13.4. The van der Waals surface area contributed by atoms with Gasteiger partial charge in [0, 0.05) is 0 Å². The molecule has 98 valence electrons. The average Bonchev–Trinajstić information content (AvgIpc) is 2.37. The quantitative estimate of drug-likeness (QED) is 0.857. The van der Waals surface area contributed by atoms with E-state index in [9.17, 15) is 14.3 Å². The van der Waals surface area contributed by atoms with Crippen LogP contribution in [0, 0.1) is 19.7 Å². The van der Waals surface area contributed by atoms with Gasteiger partial charge >= 0.3 is 0 Å². The summed E-state index contributed by atoms with van der Waals surface area (Å²) in [5.74, 6) is -1.20. The lowest BCUT2D eigenvalue weighted by molar-refractivity contribution is 0.0742. The summed E-state index contributed by atoms with van der Waals surface area (Å²) in [5, 5.41) is 10.0. The maximum Gasteiger partial charge on any atom is 0.199 e. The summed E-state index contributed by atoms with van der Waals surface area (Å²) in [5.41, 5.74) is 1.71. The highest BCUT2D eigenvalue weighted by Crippen LogP contribution is 2.23. The van der Waals surface area contributed by atoms with E-state index in [1.54, 1.807) is 50.2 Å². The third kappa shape index (κ3) is 2.71. The molecule has 2 nitrogen and oxygen atoms in total. The van der Waals surface area contributed by atoms with Gasteiger partial charge in [0.2, 0.25) is 0 Å². The number of aliphatic hydroxyl groups excluding tert-OH is 1. The first-order valence-corrected chi connectivity index (χ1v) is 6.04. The second-order valence-electron chi connectivity index (χ2n) is 4.62. The summed E-state index contributed by atoms with van der Waals surface area (Å²) in [6.07, 6.45) is -1.34. The Labute approximate surface area is 111 Å². The molecule has 0 saturated heterocycles. The van der Waals surface area contributed by atoms with Crippen molar-refractivity contribution in [1.29, 1.82) is 0 Å². The van der Waals surface area contributed by atoms with Gasteiger partial charge < -0.3 is 5.11 Å². The van der Waals surface area contributed by atoms with Crippen LogP contribution in [0.25, 0.3) is 0 Å². The fraction of sp³-hybridized carbons (Fsp3) is 0.188. The highest BCUT2D eigenvalue weighted by Gasteiger charge is 2.23. The van der Waals surface area contributed by atoms with Crippen molar-refractivity contribution in [2.45, 2.75) is 20.0 Å². The van der Waals surface area contributed by atoms with Crippen molar-refractivity contribution < 1.29 is 14.3 Å². The van der Waals surface area contributed by atoms with Crippen LogP contribution in [0.1, 0.15) is 33.2 Å². The molecule has 1 atom stereocenters. The minimum Gasteiger partial charge on any atom is -0.380 e. The zero-order chi connectivity index (χ0) is 14.0. The first-order chi connectivity index (χ1) is 9.00. The summed E-state index contributed by atoms with van der Waals surface area (Å²) in [6.45, 7) is 3.43. The number of aliphatic hydroxyl groups is 1. The molecule has 2 rings (SSSR count). The smallest absolute Gasteiger partial charge is 0.199 e. The summed E-state index contributed by atoms with van der Waals surface area (Å²) >= 11 is 0. The number of ketones is 1. The van der Waals surface area contributed by atoms with Gasteiger partial charge in [0.25, 0.3) is 0 Å². The summed E-state index contributed by atoms with van der Waals surface area (Å²) in [7, 11) is 0. The van der Waals surface area contributed by atoms with Gasteiger partial charge in [-0.3, -0.25) is 4.79 Å². The molecule has 1 unspecified atom stereocenters. The Morgan fingerprint density at radius 3 is 2.37 bits per heavy atom. The molecule has 0 aliphatic carbocycles. The third-order valence-corrected chi connectivity index (χ3v) is 3.04.